The molecule has 1 aliphatic carbocycles. The molecule has 2 aliphatic heterocycles. The molecule has 44 heavy (non-hydrogen) atoms. The van der Waals surface area contributed by atoms with Crippen molar-refractivity contribution in [3.05, 3.63) is 48.2 Å². The first-order chi connectivity index (χ1) is 21.3. The molecular weight excluding hydrogens is 585 g/mol. The third kappa shape index (κ3) is 8.38. The molecule has 3 heterocycles. The fraction of sp³-hybridized carbons (Fsp3) is 0.529. The summed E-state index contributed by atoms with van der Waals surface area (Å²) in [6, 6.07) is 13.4. The van der Waals surface area contributed by atoms with Crippen molar-refractivity contribution in [1.82, 2.24) is 9.88 Å². The molecule has 1 aromatic heterocycles. The van der Waals surface area contributed by atoms with Crippen LogP contribution in [0.4, 0.5) is 24.5 Å². The Morgan fingerprint density at radius 2 is 1.84 bits per heavy atom. The van der Waals surface area contributed by atoms with Gasteiger partial charge < -0.3 is 30.0 Å². The first kappa shape index (κ1) is 32.4. The van der Waals surface area contributed by atoms with E-state index in [0.29, 0.717) is 28.6 Å². The third-order valence-corrected chi connectivity index (χ3v) is 9.45. The van der Waals surface area contributed by atoms with Crippen LogP contribution in [0.3, 0.4) is 0 Å². The van der Waals surface area contributed by atoms with Gasteiger partial charge in [-0.1, -0.05) is 31.2 Å². The summed E-state index contributed by atoms with van der Waals surface area (Å²) in [7, 11) is 1.60. The van der Waals surface area contributed by atoms with Crippen molar-refractivity contribution >= 4 is 34.0 Å². The Bertz CT molecular complexity index is 1440. The van der Waals surface area contributed by atoms with E-state index in [2.05, 4.69) is 27.8 Å². The molecule has 1 saturated carbocycles. The van der Waals surface area contributed by atoms with Gasteiger partial charge in [0.05, 0.1) is 42.8 Å². The highest BCUT2D eigenvalue weighted by atomic mass is 32.2. The van der Waals surface area contributed by atoms with Crippen LogP contribution in [0, 0.1) is 11.8 Å². The maximum atomic E-state index is 13.4. The van der Waals surface area contributed by atoms with Gasteiger partial charge in [0, 0.05) is 22.0 Å². The number of fused-ring (bicyclic) bond motifs is 1. The van der Waals surface area contributed by atoms with Gasteiger partial charge in [-0.05, 0) is 93.8 Å². The number of aromatic nitrogens is 1. The number of benzene rings is 2. The lowest BCUT2D eigenvalue weighted by Gasteiger charge is -2.44. The highest BCUT2D eigenvalue weighted by molar-refractivity contribution is 7.98. The van der Waals surface area contributed by atoms with E-state index in [1.54, 1.807) is 31.0 Å². The Kier molecular flexibility index (Phi) is 10.9. The fourth-order valence-electron chi connectivity index (χ4n) is 6.22. The minimum absolute atomic E-state index is 0.274. The number of rotatable bonds is 7. The first-order valence-corrected chi connectivity index (χ1v) is 16.8. The number of halogens is 3. The molecule has 3 N–H and O–H groups in total. The lowest BCUT2D eigenvalue weighted by atomic mass is 9.85. The van der Waals surface area contributed by atoms with E-state index in [1.807, 2.05) is 36.6 Å². The van der Waals surface area contributed by atoms with Crippen LogP contribution in [0.1, 0.15) is 57.1 Å². The average molecular weight is 629 g/mol. The Hall–Kier alpha value is -3.00. The molecular formula is C34H43F3N4O2S. The van der Waals surface area contributed by atoms with Gasteiger partial charge in [-0.3, -0.25) is 0 Å². The van der Waals surface area contributed by atoms with Gasteiger partial charge in [0.25, 0.3) is 0 Å². The van der Waals surface area contributed by atoms with Gasteiger partial charge >= 0.3 is 6.18 Å². The molecule has 10 heteroatoms. The van der Waals surface area contributed by atoms with E-state index in [-0.39, 0.29) is 6.54 Å². The van der Waals surface area contributed by atoms with E-state index in [4.69, 9.17) is 9.47 Å². The summed E-state index contributed by atoms with van der Waals surface area (Å²) in [5.74, 6) is 6.65. The summed E-state index contributed by atoms with van der Waals surface area (Å²) in [4.78, 5) is 1.08. The number of thioether (sulfide) groups is 1. The second kappa shape index (κ2) is 14.9. The highest BCUT2D eigenvalue weighted by Crippen LogP contribution is 2.35. The summed E-state index contributed by atoms with van der Waals surface area (Å²) in [5, 5.41) is 10.9. The van der Waals surface area contributed by atoms with Crippen LogP contribution in [0.5, 0.6) is 5.75 Å². The molecule has 6 rings (SSSR count). The molecule has 3 fully saturated rings. The van der Waals surface area contributed by atoms with Crippen LogP contribution in [0.2, 0.25) is 0 Å². The highest BCUT2D eigenvalue weighted by Gasteiger charge is 2.38. The standard InChI is InChI=1S/C27H30F3N3OS.C7H13NO/c1-34-26-17-21(35-2)13-14-24(26)31-15-7-10-20-16-22-23(32-19-8-4-3-5-9-19)11-6-12-25(22)33(20)18-27(28,29)30;1-4-8-5-2-7(1)3-6-9-7/h6,11-14,16-17,19,31-32H,3-5,8-9,15,18H2,1-2H3;8H,1-6H2. The molecule has 2 saturated heterocycles. The second-order valence-electron chi connectivity index (χ2n) is 11.7. The summed E-state index contributed by atoms with van der Waals surface area (Å²) in [6.07, 6.45) is 7.16. The van der Waals surface area contributed by atoms with Crippen molar-refractivity contribution in [3.8, 4) is 17.6 Å². The molecule has 6 nitrogen and oxygen atoms in total. The van der Waals surface area contributed by atoms with E-state index in [1.165, 1.54) is 43.1 Å². The fourth-order valence-corrected chi connectivity index (χ4v) is 6.65. The lowest BCUT2D eigenvalue weighted by Crippen LogP contribution is -2.51. The van der Waals surface area contributed by atoms with Gasteiger partial charge in [0.2, 0.25) is 0 Å². The minimum Gasteiger partial charge on any atom is -0.495 e. The number of methoxy groups -OCH3 is 1. The molecule has 238 valence electrons. The van der Waals surface area contributed by atoms with Gasteiger partial charge in [-0.2, -0.15) is 13.2 Å². The van der Waals surface area contributed by atoms with Crippen LogP contribution in [-0.4, -0.2) is 62.0 Å². The van der Waals surface area contributed by atoms with E-state index in [0.717, 1.165) is 54.2 Å². The lowest BCUT2D eigenvalue weighted by molar-refractivity contribution is -0.160. The van der Waals surface area contributed by atoms with E-state index < -0.39 is 12.7 Å². The number of nitrogens with one attached hydrogen (secondary N) is 3. The Morgan fingerprint density at radius 1 is 1.07 bits per heavy atom. The Morgan fingerprint density at radius 3 is 2.48 bits per heavy atom. The first-order valence-electron chi connectivity index (χ1n) is 15.5. The smallest absolute Gasteiger partial charge is 0.406 e. The number of anilines is 2. The Balaban J connectivity index is 0.000000361. The predicted octanol–water partition coefficient (Wildman–Crippen LogP) is 7.67. The molecule has 0 radical (unpaired) electrons. The maximum Gasteiger partial charge on any atom is 0.406 e. The zero-order valence-electron chi connectivity index (χ0n) is 25.6. The van der Waals surface area contributed by atoms with Crippen molar-refractivity contribution in [2.75, 3.05) is 50.2 Å². The van der Waals surface area contributed by atoms with Crippen molar-refractivity contribution in [2.45, 2.75) is 80.6 Å². The van der Waals surface area contributed by atoms with Crippen LogP contribution < -0.4 is 20.7 Å². The summed E-state index contributed by atoms with van der Waals surface area (Å²) < 4.78 is 52.5. The summed E-state index contributed by atoms with van der Waals surface area (Å²) >= 11 is 1.62. The predicted molar refractivity (Wildman–Crippen MR) is 174 cm³/mol. The largest absolute Gasteiger partial charge is 0.495 e. The molecule has 1 spiro atoms. The monoisotopic (exact) mass is 628 g/mol. The van der Waals surface area contributed by atoms with Crippen LogP contribution >= 0.6 is 11.8 Å². The number of hydrogen-bond donors (Lipinski definition) is 3. The average Bonchev–Trinajstić information content (AvgIpc) is 3.36. The normalized spacial score (nSPS) is 18.0. The van der Waals surface area contributed by atoms with Gasteiger partial charge in [-0.15, -0.1) is 11.8 Å². The summed E-state index contributed by atoms with van der Waals surface area (Å²) in [6.45, 7) is 2.50. The van der Waals surface area contributed by atoms with Crippen molar-refractivity contribution in [2.24, 2.45) is 0 Å². The molecule has 0 amide bonds. The molecule has 0 unspecified atom stereocenters. The third-order valence-electron chi connectivity index (χ3n) is 8.72. The molecule has 2 aromatic carbocycles. The second-order valence-corrected chi connectivity index (χ2v) is 12.6. The molecule has 0 bridgehead atoms. The SMILES string of the molecule is C1CC2(CCN1)CCO2.COc1cc(SC)ccc1NCC#Cc1cc2c(NC3CCCCC3)cccc2n1CC(F)(F)F. The van der Waals surface area contributed by atoms with Crippen molar-refractivity contribution in [3.63, 3.8) is 0 Å². The summed E-state index contributed by atoms with van der Waals surface area (Å²) in [5.41, 5.74) is 2.88. The number of piperidine rings is 1. The van der Waals surface area contributed by atoms with Gasteiger partial charge in [-0.25, -0.2) is 0 Å². The van der Waals surface area contributed by atoms with Crippen molar-refractivity contribution < 1.29 is 22.6 Å². The number of hydrogen-bond acceptors (Lipinski definition) is 6. The van der Waals surface area contributed by atoms with E-state index >= 15 is 0 Å². The van der Waals surface area contributed by atoms with Crippen LogP contribution in [0.25, 0.3) is 10.9 Å². The zero-order valence-corrected chi connectivity index (χ0v) is 26.4. The number of ether oxygens (including phenoxy) is 2. The van der Waals surface area contributed by atoms with Crippen molar-refractivity contribution in [1.29, 1.82) is 0 Å². The van der Waals surface area contributed by atoms with E-state index in [9.17, 15) is 13.2 Å². The molecule has 3 aromatic rings. The topological polar surface area (TPSA) is 59.5 Å². The number of alkyl halides is 3. The van der Waals surface area contributed by atoms with Gasteiger partial charge in [0.15, 0.2) is 0 Å². The van der Waals surface area contributed by atoms with Gasteiger partial charge in [0.1, 0.15) is 12.3 Å². The molecule has 3 aliphatic rings. The number of nitrogens with zero attached hydrogens (tertiary/aromatic N) is 1. The molecule has 0 atom stereocenters. The maximum absolute atomic E-state index is 13.4. The minimum atomic E-state index is -4.35. The zero-order chi connectivity index (χ0) is 31.0. The van der Waals surface area contributed by atoms with Crippen LogP contribution in [-0.2, 0) is 11.3 Å². The quantitative estimate of drug-likeness (QED) is 0.184. The Labute approximate surface area is 262 Å². The van der Waals surface area contributed by atoms with Crippen LogP contribution in [0.15, 0.2) is 47.4 Å².